The van der Waals surface area contributed by atoms with E-state index >= 15 is 0 Å². The molecule has 70 valence electrons. The summed E-state index contributed by atoms with van der Waals surface area (Å²) in [6.07, 6.45) is 5.23. The van der Waals surface area contributed by atoms with Gasteiger partial charge >= 0.3 is 0 Å². The lowest BCUT2D eigenvalue weighted by Crippen LogP contribution is -1.89. The highest BCUT2D eigenvalue weighted by molar-refractivity contribution is 9.09. The van der Waals surface area contributed by atoms with Crippen molar-refractivity contribution in [3.05, 3.63) is 35.4 Å². The van der Waals surface area contributed by atoms with E-state index in [4.69, 9.17) is 5.73 Å². The Labute approximate surface area is 87.8 Å². The average molecular weight is 240 g/mol. The molecule has 0 atom stereocenters. The molecule has 0 unspecified atom stereocenters. The molecule has 1 aromatic carbocycles. The Morgan fingerprint density at radius 3 is 2.92 bits per heavy atom. The molecule has 13 heavy (non-hydrogen) atoms. The fourth-order valence-electron chi connectivity index (χ4n) is 1.11. The summed E-state index contributed by atoms with van der Waals surface area (Å²) in [6.45, 7) is 2.07. The number of hydrogen-bond donors (Lipinski definition) is 1. The molecule has 0 spiro atoms. The van der Waals surface area contributed by atoms with E-state index in [-0.39, 0.29) is 0 Å². The maximum atomic E-state index is 5.81. The van der Waals surface area contributed by atoms with E-state index in [2.05, 4.69) is 41.1 Å². The molecule has 0 radical (unpaired) electrons. The van der Waals surface area contributed by atoms with Crippen LogP contribution < -0.4 is 5.73 Å². The van der Waals surface area contributed by atoms with Crippen LogP contribution in [-0.2, 0) is 0 Å². The number of anilines is 1. The second-order valence-corrected chi connectivity index (χ2v) is 3.81. The van der Waals surface area contributed by atoms with Crippen molar-refractivity contribution < 1.29 is 0 Å². The van der Waals surface area contributed by atoms with Gasteiger partial charge in [0.2, 0.25) is 0 Å². The molecule has 0 amide bonds. The Morgan fingerprint density at radius 2 is 2.23 bits per heavy atom. The number of nitrogens with two attached hydrogens (primary N) is 1. The highest BCUT2D eigenvalue weighted by Gasteiger charge is 1.93. The summed E-state index contributed by atoms with van der Waals surface area (Å²) >= 11 is 3.37. The molecule has 0 bridgehead atoms. The molecule has 0 fully saturated rings. The SMILES string of the molecule is Cc1ccc(N)c(C=CCCBr)c1. The van der Waals surface area contributed by atoms with Gasteiger partial charge in [-0.05, 0) is 31.0 Å². The first-order chi connectivity index (χ1) is 6.24. The molecule has 0 aliphatic rings. The Balaban J connectivity index is 2.81. The molecule has 1 rings (SSSR count). The number of hydrogen-bond acceptors (Lipinski definition) is 1. The first kappa shape index (κ1) is 10.3. The van der Waals surface area contributed by atoms with Gasteiger partial charge in [-0.3, -0.25) is 0 Å². The van der Waals surface area contributed by atoms with Gasteiger partial charge in [-0.1, -0.05) is 39.7 Å². The summed E-state index contributed by atoms with van der Waals surface area (Å²) in [5.41, 5.74) is 9.01. The van der Waals surface area contributed by atoms with Crippen LogP contribution in [0.3, 0.4) is 0 Å². The van der Waals surface area contributed by atoms with Gasteiger partial charge in [0.1, 0.15) is 0 Å². The van der Waals surface area contributed by atoms with Crippen LogP contribution in [0.4, 0.5) is 5.69 Å². The fourth-order valence-corrected chi connectivity index (χ4v) is 1.38. The summed E-state index contributed by atoms with van der Waals surface area (Å²) in [4.78, 5) is 0. The zero-order valence-corrected chi connectivity index (χ0v) is 9.34. The first-order valence-electron chi connectivity index (χ1n) is 4.32. The van der Waals surface area contributed by atoms with Gasteiger partial charge in [-0.15, -0.1) is 0 Å². The van der Waals surface area contributed by atoms with Gasteiger partial charge in [-0.25, -0.2) is 0 Å². The smallest absolute Gasteiger partial charge is 0.0387 e. The predicted molar refractivity (Wildman–Crippen MR) is 63.0 cm³/mol. The van der Waals surface area contributed by atoms with E-state index in [0.29, 0.717) is 0 Å². The number of allylic oxidation sites excluding steroid dienone is 1. The topological polar surface area (TPSA) is 26.0 Å². The summed E-state index contributed by atoms with van der Waals surface area (Å²) in [6, 6.07) is 6.07. The standard InChI is InChI=1S/C11H14BrN/c1-9-5-6-11(13)10(8-9)4-2-3-7-12/h2,4-6,8H,3,7,13H2,1H3. The van der Waals surface area contributed by atoms with Gasteiger partial charge < -0.3 is 5.73 Å². The molecule has 2 N–H and O–H groups in total. The number of alkyl halides is 1. The van der Waals surface area contributed by atoms with E-state index in [1.807, 2.05) is 12.1 Å². The van der Waals surface area contributed by atoms with Gasteiger partial charge in [-0.2, -0.15) is 0 Å². The first-order valence-corrected chi connectivity index (χ1v) is 5.45. The van der Waals surface area contributed by atoms with Crippen molar-refractivity contribution in [2.75, 3.05) is 11.1 Å². The van der Waals surface area contributed by atoms with Crippen LogP contribution in [0.2, 0.25) is 0 Å². The van der Waals surface area contributed by atoms with Crippen molar-refractivity contribution in [3.8, 4) is 0 Å². The molecular formula is C11H14BrN. The van der Waals surface area contributed by atoms with Crippen molar-refractivity contribution in [2.24, 2.45) is 0 Å². The van der Waals surface area contributed by atoms with E-state index in [1.54, 1.807) is 0 Å². The molecule has 1 aromatic rings. The second-order valence-electron chi connectivity index (χ2n) is 3.01. The minimum atomic E-state index is 0.844. The zero-order chi connectivity index (χ0) is 9.68. The largest absolute Gasteiger partial charge is 0.398 e. The van der Waals surface area contributed by atoms with Crippen LogP contribution in [0.5, 0.6) is 0 Å². The molecule has 0 aliphatic heterocycles. The third-order valence-corrected chi connectivity index (χ3v) is 2.27. The van der Waals surface area contributed by atoms with Gasteiger partial charge in [0.05, 0.1) is 0 Å². The van der Waals surface area contributed by atoms with Crippen LogP contribution in [0, 0.1) is 6.92 Å². The zero-order valence-electron chi connectivity index (χ0n) is 7.76. The quantitative estimate of drug-likeness (QED) is 0.636. The fraction of sp³-hybridized carbons (Fsp3) is 0.273. The van der Waals surface area contributed by atoms with E-state index in [9.17, 15) is 0 Å². The maximum Gasteiger partial charge on any atom is 0.0387 e. The molecule has 1 nitrogen and oxygen atoms in total. The van der Waals surface area contributed by atoms with Crippen LogP contribution in [0.15, 0.2) is 24.3 Å². The number of rotatable bonds is 3. The monoisotopic (exact) mass is 239 g/mol. The van der Waals surface area contributed by atoms with Gasteiger partial charge in [0.15, 0.2) is 0 Å². The highest BCUT2D eigenvalue weighted by Crippen LogP contribution is 2.15. The Hall–Kier alpha value is -0.760. The second kappa shape index (κ2) is 5.07. The third-order valence-electron chi connectivity index (χ3n) is 1.82. The molecular weight excluding hydrogens is 226 g/mol. The van der Waals surface area contributed by atoms with E-state index < -0.39 is 0 Å². The predicted octanol–water partition coefficient (Wildman–Crippen LogP) is 3.38. The van der Waals surface area contributed by atoms with E-state index in [0.717, 1.165) is 23.0 Å². The van der Waals surface area contributed by atoms with Crippen molar-refractivity contribution in [1.29, 1.82) is 0 Å². The minimum Gasteiger partial charge on any atom is -0.398 e. The number of nitrogen functional groups attached to an aromatic ring is 1. The number of aryl methyl sites for hydroxylation is 1. The van der Waals surface area contributed by atoms with Gasteiger partial charge in [0, 0.05) is 11.0 Å². The summed E-state index contributed by atoms with van der Waals surface area (Å²) in [7, 11) is 0. The minimum absolute atomic E-state index is 0.844. The Kier molecular flexibility index (Phi) is 4.03. The van der Waals surface area contributed by atoms with Gasteiger partial charge in [0.25, 0.3) is 0 Å². The maximum absolute atomic E-state index is 5.81. The van der Waals surface area contributed by atoms with Crippen molar-refractivity contribution in [3.63, 3.8) is 0 Å². The van der Waals surface area contributed by atoms with Crippen LogP contribution >= 0.6 is 15.9 Å². The normalized spacial score (nSPS) is 10.9. The number of halogens is 1. The highest BCUT2D eigenvalue weighted by atomic mass is 79.9. The van der Waals surface area contributed by atoms with Crippen molar-refractivity contribution >= 4 is 27.7 Å². The molecule has 0 aromatic heterocycles. The molecule has 0 aliphatic carbocycles. The molecule has 0 heterocycles. The molecule has 0 saturated carbocycles. The van der Waals surface area contributed by atoms with Crippen LogP contribution in [-0.4, -0.2) is 5.33 Å². The van der Waals surface area contributed by atoms with Crippen molar-refractivity contribution in [1.82, 2.24) is 0 Å². The molecule has 2 heteroatoms. The summed E-state index contributed by atoms with van der Waals surface area (Å²) in [5, 5.41) is 0.995. The average Bonchev–Trinajstić information content (AvgIpc) is 2.11. The lowest BCUT2D eigenvalue weighted by atomic mass is 10.1. The molecule has 0 saturated heterocycles. The lowest BCUT2D eigenvalue weighted by molar-refractivity contribution is 1.27. The van der Waals surface area contributed by atoms with Crippen molar-refractivity contribution in [2.45, 2.75) is 13.3 Å². The Bertz CT molecular complexity index is 305. The Morgan fingerprint density at radius 1 is 1.46 bits per heavy atom. The third kappa shape index (κ3) is 3.23. The van der Waals surface area contributed by atoms with E-state index in [1.165, 1.54) is 5.56 Å². The van der Waals surface area contributed by atoms with Crippen LogP contribution in [0.1, 0.15) is 17.5 Å². The van der Waals surface area contributed by atoms with Crippen LogP contribution in [0.25, 0.3) is 6.08 Å². The number of benzene rings is 1. The summed E-state index contributed by atoms with van der Waals surface area (Å²) < 4.78 is 0. The lowest BCUT2D eigenvalue weighted by Gasteiger charge is -2.01. The summed E-state index contributed by atoms with van der Waals surface area (Å²) in [5.74, 6) is 0.